The van der Waals surface area contributed by atoms with Crippen LogP contribution in [0.5, 0.6) is 0 Å². The summed E-state index contributed by atoms with van der Waals surface area (Å²) >= 11 is 0. The second kappa shape index (κ2) is 8.04. The topological polar surface area (TPSA) is 24.5 Å². The average Bonchev–Trinajstić information content (AvgIpc) is 2.78. The minimum absolute atomic E-state index is 0.544. The van der Waals surface area contributed by atoms with Crippen LogP contribution < -0.4 is 5.32 Å². The molecule has 16 heavy (non-hydrogen) atoms. The summed E-state index contributed by atoms with van der Waals surface area (Å²) in [4.78, 5) is 2.57. The minimum Gasteiger partial charge on any atom is -0.380 e. The zero-order chi connectivity index (χ0) is 11.8. The maximum atomic E-state index is 5.52. The van der Waals surface area contributed by atoms with Gasteiger partial charge in [0.05, 0.1) is 6.61 Å². The van der Waals surface area contributed by atoms with Crippen LogP contribution in [0.3, 0.4) is 0 Å². The Labute approximate surface area is 101 Å². The van der Waals surface area contributed by atoms with Crippen LogP contribution in [0.1, 0.15) is 40.0 Å². The van der Waals surface area contributed by atoms with Gasteiger partial charge >= 0.3 is 0 Å². The van der Waals surface area contributed by atoms with Gasteiger partial charge in [-0.15, -0.1) is 0 Å². The first-order valence-corrected chi connectivity index (χ1v) is 6.83. The van der Waals surface area contributed by atoms with E-state index < -0.39 is 0 Å². The summed E-state index contributed by atoms with van der Waals surface area (Å²) in [5.41, 5.74) is 0. The van der Waals surface area contributed by atoms with Gasteiger partial charge in [-0.3, -0.25) is 4.90 Å². The van der Waals surface area contributed by atoms with Gasteiger partial charge in [-0.1, -0.05) is 6.92 Å². The molecule has 1 saturated heterocycles. The first-order chi connectivity index (χ1) is 7.77. The van der Waals surface area contributed by atoms with Gasteiger partial charge in [-0.2, -0.15) is 0 Å². The minimum atomic E-state index is 0.544. The highest BCUT2D eigenvalue weighted by atomic mass is 16.5. The summed E-state index contributed by atoms with van der Waals surface area (Å²) in [6.45, 7) is 11.9. The molecule has 0 amide bonds. The van der Waals surface area contributed by atoms with E-state index in [4.69, 9.17) is 4.74 Å². The number of hydrogen-bond acceptors (Lipinski definition) is 3. The standard InChI is InChI=1S/C13H28N2O/c1-4-9-15(12(3)11-16-5-2)10-13-7-6-8-14-13/h12-14H,4-11H2,1-3H3. The van der Waals surface area contributed by atoms with Gasteiger partial charge in [-0.25, -0.2) is 0 Å². The Hall–Kier alpha value is -0.120. The zero-order valence-corrected chi connectivity index (χ0v) is 11.2. The highest BCUT2D eigenvalue weighted by Crippen LogP contribution is 2.10. The predicted molar refractivity (Wildman–Crippen MR) is 68.8 cm³/mol. The molecule has 1 N–H and O–H groups in total. The second-order valence-corrected chi connectivity index (χ2v) is 4.80. The van der Waals surface area contributed by atoms with E-state index >= 15 is 0 Å². The zero-order valence-electron chi connectivity index (χ0n) is 11.2. The Kier molecular flexibility index (Phi) is 7.01. The Morgan fingerprint density at radius 3 is 2.81 bits per heavy atom. The molecule has 0 bridgehead atoms. The Morgan fingerprint density at radius 1 is 1.44 bits per heavy atom. The number of nitrogens with one attached hydrogen (secondary N) is 1. The molecule has 96 valence electrons. The summed E-state index contributed by atoms with van der Waals surface area (Å²) in [5, 5.41) is 3.57. The first-order valence-electron chi connectivity index (χ1n) is 6.83. The molecule has 0 saturated carbocycles. The number of nitrogens with zero attached hydrogens (tertiary/aromatic N) is 1. The highest BCUT2D eigenvalue weighted by molar-refractivity contribution is 4.80. The van der Waals surface area contributed by atoms with Crippen LogP contribution in [0, 0.1) is 0 Å². The van der Waals surface area contributed by atoms with Crippen molar-refractivity contribution in [2.24, 2.45) is 0 Å². The molecule has 0 aromatic heterocycles. The third-order valence-electron chi connectivity index (χ3n) is 3.31. The van der Waals surface area contributed by atoms with Crippen LogP contribution in [0.2, 0.25) is 0 Å². The summed E-state index contributed by atoms with van der Waals surface area (Å²) in [5.74, 6) is 0. The fraction of sp³-hybridized carbons (Fsp3) is 1.00. The van der Waals surface area contributed by atoms with E-state index in [2.05, 4.69) is 31.0 Å². The van der Waals surface area contributed by atoms with Gasteiger partial charge in [0.1, 0.15) is 0 Å². The maximum absolute atomic E-state index is 5.52. The molecule has 1 aliphatic heterocycles. The van der Waals surface area contributed by atoms with Crippen LogP contribution in [0.25, 0.3) is 0 Å². The fourth-order valence-corrected chi connectivity index (χ4v) is 2.37. The van der Waals surface area contributed by atoms with E-state index in [-0.39, 0.29) is 0 Å². The molecule has 1 aliphatic rings. The maximum Gasteiger partial charge on any atom is 0.0619 e. The lowest BCUT2D eigenvalue weighted by atomic mass is 10.2. The summed E-state index contributed by atoms with van der Waals surface area (Å²) < 4.78 is 5.52. The van der Waals surface area contributed by atoms with Crippen LogP contribution in [-0.2, 0) is 4.74 Å². The van der Waals surface area contributed by atoms with Crippen molar-refractivity contribution in [2.45, 2.75) is 52.1 Å². The van der Waals surface area contributed by atoms with E-state index in [0.717, 1.165) is 13.2 Å². The van der Waals surface area contributed by atoms with Crippen LogP contribution in [0.4, 0.5) is 0 Å². The molecule has 3 heteroatoms. The van der Waals surface area contributed by atoms with Crippen molar-refractivity contribution in [1.29, 1.82) is 0 Å². The molecule has 1 rings (SSSR count). The van der Waals surface area contributed by atoms with Crippen molar-refractivity contribution < 1.29 is 4.74 Å². The molecule has 0 spiro atoms. The molecule has 3 nitrogen and oxygen atoms in total. The molecule has 2 atom stereocenters. The molecule has 1 fully saturated rings. The molecular weight excluding hydrogens is 200 g/mol. The molecule has 0 aromatic carbocycles. The summed E-state index contributed by atoms with van der Waals surface area (Å²) in [7, 11) is 0. The highest BCUT2D eigenvalue weighted by Gasteiger charge is 2.20. The largest absolute Gasteiger partial charge is 0.380 e. The lowest BCUT2D eigenvalue weighted by Gasteiger charge is -2.31. The second-order valence-electron chi connectivity index (χ2n) is 4.80. The van der Waals surface area contributed by atoms with Crippen molar-refractivity contribution in [3.05, 3.63) is 0 Å². The van der Waals surface area contributed by atoms with Crippen molar-refractivity contribution in [3.63, 3.8) is 0 Å². The quantitative estimate of drug-likeness (QED) is 0.686. The molecule has 0 aliphatic carbocycles. The molecule has 0 aromatic rings. The third-order valence-corrected chi connectivity index (χ3v) is 3.31. The smallest absolute Gasteiger partial charge is 0.0619 e. The summed E-state index contributed by atoms with van der Waals surface area (Å²) in [6, 6.07) is 1.25. The Balaban J connectivity index is 2.32. The van der Waals surface area contributed by atoms with Gasteiger partial charge in [0.15, 0.2) is 0 Å². The molecule has 0 radical (unpaired) electrons. The lowest BCUT2D eigenvalue weighted by Crippen LogP contribution is -2.44. The molecular formula is C13H28N2O. The third kappa shape index (κ3) is 4.81. The SMILES string of the molecule is CCCN(CC1CCCN1)C(C)COCC. The summed E-state index contributed by atoms with van der Waals surface area (Å²) in [6.07, 6.45) is 3.90. The normalized spacial score (nSPS) is 22.9. The average molecular weight is 228 g/mol. The van der Waals surface area contributed by atoms with E-state index in [0.29, 0.717) is 12.1 Å². The van der Waals surface area contributed by atoms with Crippen molar-refractivity contribution in [2.75, 3.05) is 32.8 Å². The predicted octanol–water partition coefficient (Wildman–Crippen LogP) is 1.88. The van der Waals surface area contributed by atoms with Gasteiger partial charge in [0.25, 0.3) is 0 Å². The van der Waals surface area contributed by atoms with Crippen LogP contribution in [-0.4, -0.2) is 49.8 Å². The molecule has 1 heterocycles. The van der Waals surface area contributed by atoms with Gasteiger partial charge in [0, 0.05) is 25.2 Å². The van der Waals surface area contributed by atoms with Crippen LogP contribution in [0.15, 0.2) is 0 Å². The Morgan fingerprint density at radius 2 is 2.25 bits per heavy atom. The molecule has 2 unspecified atom stereocenters. The van der Waals surface area contributed by atoms with E-state index in [1.165, 1.54) is 38.9 Å². The van der Waals surface area contributed by atoms with Gasteiger partial charge < -0.3 is 10.1 Å². The number of ether oxygens (including phenoxy) is 1. The monoisotopic (exact) mass is 228 g/mol. The number of rotatable bonds is 8. The van der Waals surface area contributed by atoms with Crippen molar-refractivity contribution >= 4 is 0 Å². The first kappa shape index (κ1) is 13.9. The van der Waals surface area contributed by atoms with Crippen molar-refractivity contribution in [1.82, 2.24) is 10.2 Å². The van der Waals surface area contributed by atoms with E-state index in [9.17, 15) is 0 Å². The lowest BCUT2D eigenvalue weighted by molar-refractivity contribution is 0.0693. The van der Waals surface area contributed by atoms with E-state index in [1.54, 1.807) is 0 Å². The fourth-order valence-electron chi connectivity index (χ4n) is 2.37. The van der Waals surface area contributed by atoms with Gasteiger partial charge in [-0.05, 0) is 46.2 Å². The van der Waals surface area contributed by atoms with E-state index in [1.807, 2.05) is 0 Å². The van der Waals surface area contributed by atoms with Gasteiger partial charge in [0.2, 0.25) is 0 Å². The Bertz CT molecular complexity index is 169. The number of hydrogen-bond donors (Lipinski definition) is 1. The van der Waals surface area contributed by atoms with Crippen LogP contribution >= 0.6 is 0 Å². The van der Waals surface area contributed by atoms with Crippen molar-refractivity contribution in [3.8, 4) is 0 Å².